The second-order valence-corrected chi connectivity index (χ2v) is 7.32. The molecule has 4 heterocycles. The van der Waals surface area contributed by atoms with Crippen LogP contribution in [0, 0.1) is 0 Å². The Morgan fingerprint density at radius 2 is 2.04 bits per heavy atom. The Hall–Kier alpha value is -2.61. The monoisotopic (exact) mass is 386 g/mol. The number of amides is 2. The number of ether oxygens (including phenoxy) is 1. The minimum atomic E-state index is -0.637. The van der Waals surface area contributed by atoms with Crippen LogP contribution in [0.2, 0.25) is 0 Å². The van der Waals surface area contributed by atoms with Crippen LogP contribution in [0.25, 0.3) is 0 Å². The summed E-state index contributed by atoms with van der Waals surface area (Å²) in [6.45, 7) is 6.83. The van der Waals surface area contributed by atoms with Gasteiger partial charge >= 0.3 is 0 Å². The zero-order valence-electron chi connectivity index (χ0n) is 16.3. The van der Waals surface area contributed by atoms with E-state index in [9.17, 15) is 9.59 Å². The van der Waals surface area contributed by atoms with Gasteiger partial charge in [-0.05, 0) is 19.9 Å². The van der Waals surface area contributed by atoms with Crippen LogP contribution in [-0.2, 0) is 21.7 Å². The van der Waals surface area contributed by atoms with Gasteiger partial charge in [-0.1, -0.05) is 0 Å². The summed E-state index contributed by atoms with van der Waals surface area (Å²) >= 11 is 0. The van der Waals surface area contributed by atoms with E-state index in [4.69, 9.17) is 9.15 Å². The quantitative estimate of drug-likeness (QED) is 0.801. The molecule has 2 aliphatic rings. The van der Waals surface area contributed by atoms with E-state index in [1.54, 1.807) is 17.2 Å². The van der Waals surface area contributed by atoms with Crippen molar-refractivity contribution in [1.82, 2.24) is 19.4 Å². The Labute approximate surface area is 164 Å². The number of likely N-dealkylation sites (N-methyl/N-ethyl adjacent to an activating group) is 1. The molecule has 150 valence electrons. The van der Waals surface area contributed by atoms with Gasteiger partial charge in [-0.25, -0.2) is 4.98 Å². The van der Waals surface area contributed by atoms with Gasteiger partial charge in [-0.2, -0.15) is 0 Å². The van der Waals surface area contributed by atoms with Crippen molar-refractivity contribution in [3.05, 3.63) is 42.4 Å². The number of piperidine rings is 1. The highest BCUT2D eigenvalue weighted by molar-refractivity contribution is 5.93. The number of hydrogen-bond acceptors (Lipinski definition) is 5. The minimum absolute atomic E-state index is 0.0145. The molecular formula is C20H26N4O4. The van der Waals surface area contributed by atoms with Crippen molar-refractivity contribution in [3.8, 4) is 0 Å². The molecule has 1 fully saturated rings. The van der Waals surface area contributed by atoms with Crippen molar-refractivity contribution in [3.63, 3.8) is 0 Å². The van der Waals surface area contributed by atoms with Gasteiger partial charge in [-0.3, -0.25) is 9.59 Å². The SMILES string of the molecule is CCN(CC)C(=O)[C@@H]1Cn2ccnc2C2(CCN(C(=O)c3ccoc3)CC2)O1. The first-order valence-corrected chi connectivity index (χ1v) is 9.87. The third kappa shape index (κ3) is 3.11. The molecule has 1 atom stereocenters. The third-order valence-electron chi connectivity index (χ3n) is 5.83. The summed E-state index contributed by atoms with van der Waals surface area (Å²) in [6, 6.07) is 1.68. The fourth-order valence-electron chi connectivity index (χ4n) is 4.25. The number of imidazole rings is 1. The predicted octanol–water partition coefficient (Wildman–Crippen LogP) is 1.87. The molecule has 0 aliphatic carbocycles. The molecule has 4 rings (SSSR count). The summed E-state index contributed by atoms with van der Waals surface area (Å²) in [5.41, 5.74) is -0.0841. The molecule has 2 aromatic rings. The van der Waals surface area contributed by atoms with Gasteiger partial charge in [0.05, 0.1) is 18.4 Å². The molecule has 2 aliphatic heterocycles. The van der Waals surface area contributed by atoms with E-state index in [1.165, 1.54) is 12.5 Å². The first-order chi connectivity index (χ1) is 13.6. The number of aromatic nitrogens is 2. The molecule has 1 saturated heterocycles. The van der Waals surface area contributed by atoms with E-state index >= 15 is 0 Å². The van der Waals surface area contributed by atoms with Crippen LogP contribution in [0.4, 0.5) is 0 Å². The normalized spacial score (nSPS) is 20.8. The van der Waals surface area contributed by atoms with Crippen LogP contribution in [0.3, 0.4) is 0 Å². The molecule has 1 spiro atoms. The van der Waals surface area contributed by atoms with E-state index in [2.05, 4.69) is 4.98 Å². The number of carbonyl (C=O) groups is 2. The third-order valence-corrected chi connectivity index (χ3v) is 5.83. The van der Waals surface area contributed by atoms with Gasteiger partial charge in [0, 0.05) is 51.4 Å². The van der Waals surface area contributed by atoms with Crippen LogP contribution in [-0.4, -0.2) is 63.4 Å². The number of nitrogens with zero attached hydrogens (tertiary/aromatic N) is 4. The van der Waals surface area contributed by atoms with Gasteiger partial charge in [0.2, 0.25) is 0 Å². The summed E-state index contributed by atoms with van der Waals surface area (Å²) in [5, 5.41) is 0. The van der Waals surface area contributed by atoms with Gasteiger partial charge in [0.25, 0.3) is 11.8 Å². The lowest BCUT2D eigenvalue weighted by molar-refractivity contribution is -0.179. The summed E-state index contributed by atoms with van der Waals surface area (Å²) in [7, 11) is 0. The van der Waals surface area contributed by atoms with Gasteiger partial charge in [-0.15, -0.1) is 0 Å². The molecule has 0 bridgehead atoms. The molecule has 0 N–H and O–H groups in total. The Morgan fingerprint density at radius 1 is 1.29 bits per heavy atom. The maximum atomic E-state index is 12.9. The van der Waals surface area contributed by atoms with Crippen molar-refractivity contribution in [2.45, 2.75) is 44.9 Å². The van der Waals surface area contributed by atoms with Gasteiger partial charge in [0.15, 0.2) is 6.10 Å². The Kier molecular flexibility index (Phi) is 4.97. The Balaban J connectivity index is 1.54. The summed E-state index contributed by atoms with van der Waals surface area (Å²) < 4.78 is 13.5. The summed E-state index contributed by atoms with van der Waals surface area (Å²) in [4.78, 5) is 33.7. The van der Waals surface area contributed by atoms with Crippen molar-refractivity contribution >= 4 is 11.8 Å². The van der Waals surface area contributed by atoms with E-state index in [1.807, 2.05) is 29.5 Å². The minimum Gasteiger partial charge on any atom is -0.472 e. The van der Waals surface area contributed by atoms with E-state index in [-0.39, 0.29) is 11.8 Å². The molecule has 0 saturated carbocycles. The highest BCUT2D eigenvalue weighted by Crippen LogP contribution is 2.40. The molecule has 0 aromatic carbocycles. The van der Waals surface area contributed by atoms with Crippen molar-refractivity contribution < 1.29 is 18.7 Å². The average Bonchev–Trinajstić information content (AvgIpc) is 3.41. The van der Waals surface area contributed by atoms with Crippen LogP contribution in [0.15, 0.2) is 35.4 Å². The van der Waals surface area contributed by atoms with Crippen LogP contribution in [0.5, 0.6) is 0 Å². The average molecular weight is 386 g/mol. The molecule has 28 heavy (non-hydrogen) atoms. The van der Waals surface area contributed by atoms with Crippen LogP contribution >= 0.6 is 0 Å². The fraction of sp³-hybridized carbons (Fsp3) is 0.550. The lowest BCUT2D eigenvalue weighted by Gasteiger charge is -2.46. The molecule has 2 aromatic heterocycles. The van der Waals surface area contributed by atoms with Crippen molar-refractivity contribution in [2.24, 2.45) is 0 Å². The Morgan fingerprint density at radius 3 is 2.68 bits per heavy atom. The standard InChI is InChI=1S/C20H26N4O4/c1-3-22(4-2)18(26)16-13-24-11-8-21-19(24)20(28-16)6-9-23(10-7-20)17(25)15-5-12-27-14-15/h5,8,11-12,14,16H,3-4,6-7,9-10,13H2,1-2H3/t16-/m0/s1. The molecule has 0 unspecified atom stereocenters. The number of fused-ring (bicyclic) bond motifs is 2. The predicted molar refractivity (Wildman–Crippen MR) is 101 cm³/mol. The zero-order chi connectivity index (χ0) is 19.7. The molecule has 8 nitrogen and oxygen atoms in total. The van der Waals surface area contributed by atoms with E-state index in [0.717, 1.165) is 5.82 Å². The first kappa shape index (κ1) is 18.7. The molecular weight excluding hydrogens is 360 g/mol. The maximum absolute atomic E-state index is 12.9. The van der Waals surface area contributed by atoms with Crippen LogP contribution < -0.4 is 0 Å². The fourth-order valence-corrected chi connectivity index (χ4v) is 4.25. The van der Waals surface area contributed by atoms with Gasteiger partial charge in [0.1, 0.15) is 17.7 Å². The van der Waals surface area contributed by atoms with Crippen LogP contribution in [0.1, 0.15) is 42.9 Å². The van der Waals surface area contributed by atoms with E-state index < -0.39 is 11.7 Å². The second kappa shape index (κ2) is 7.43. The lowest BCUT2D eigenvalue weighted by Crippen LogP contribution is -2.55. The maximum Gasteiger partial charge on any atom is 0.257 e. The lowest BCUT2D eigenvalue weighted by atomic mass is 9.88. The smallest absolute Gasteiger partial charge is 0.257 e. The van der Waals surface area contributed by atoms with Gasteiger partial charge < -0.3 is 23.5 Å². The Bertz CT molecular complexity index is 832. The highest BCUT2D eigenvalue weighted by atomic mass is 16.5. The number of likely N-dealkylation sites (tertiary alicyclic amines) is 1. The highest BCUT2D eigenvalue weighted by Gasteiger charge is 2.48. The zero-order valence-corrected chi connectivity index (χ0v) is 16.3. The largest absolute Gasteiger partial charge is 0.472 e. The molecule has 2 amide bonds. The topological polar surface area (TPSA) is 80.8 Å². The van der Waals surface area contributed by atoms with Crippen molar-refractivity contribution in [1.29, 1.82) is 0 Å². The summed E-state index contributed by atoms with van der Waals surface area (Å²) in [5.74, 6) is 0.825. The molecule has 0 radical (unpaired) electrons. The number of carbonyl (C=O) groups excluding carboxylic acids is 2. The van der Waals surface area contributed by atoms with Crippen molar-refractivity contribution in [2.75, 3.05) is 26.2 Å². The summed E-state index contributed by atoms with van der Waals surface area (Å²) in [6.07, 6.45) is 7.32. The second-order valence-electron chi connectivity index (χ2n) is 7.32. The molecule has 8 heteroatoms. The number of hydrogen-bond donors (Lipinski definition) is 0. The van der Waals surface area contributed by atoms with E-state index in [0.29, 0.717) is 51.1 Å². The number of furan rings is 1. The first-order valence-electron chi connectivity index (χ1n) is 9.87. The number of rotatable bonds is 4.